The number of quaternary nitrogens is 1. The SMILES string of the molecule is C[n+]1c2c3c(cccc3c3ccc(C[N+]4([O-])CCOCC4)cc31)Oc1ccccc1-2. The van der Waals surface area contributed by atoms with E-state index in [0.717, 1.165) is 39.2 Å². The van der Waals surface area contributed by atoms with Gasteiger partial charge in [-0.3, -0.25) is 0 Å². The van der Waals surface area contributed by atoms with Crippen molar-refractivity contribution in [1.82, 2.24) is 0 Å². The van der Waals surface area contributed by atoms with E-state index in [1.165, 1.54) is 10.8 Å². The molecule has 0 bridgehead atoms. The molecule has 2 aliphatic rings. The number of pyridine rings is 1. The van der Waals surface area contributed by atoms with Gasteiger partial charge in [-0.1, -0.05) is 30.3 Å². The van der Waals surface area contributed by atoms with Gasteiger partial charge in [-0.2, -0.15) is 4.57 Å². The van der Waals surface area contributed by atoms with Crippen LogP contribution in [-0.4, -0.2) is 30.9 Å². The largest absolute Gasteiger partial charge is 0.632 e. The minimum atomic E-state index is -0.212. The fourth-order valence-electron chi connectivity index (χ4n) is 4.91. The van der Waals surface area contributed by atoms with E-state index in [9.17, 15) is 5.21 Å². The first-order valence-electron chi connectivity index (χ1n) is 10.4. The Morgan fingerprint density at radius 2 is 1.73 bits per heavy atom. The average Bonchev–Trinajstić information content (AvgIpc) is 2.76. The molecule has 1 fully saturated rings. The maximum Gasteiger partial charge on any atom is 0.228 e. The van der Waals surface area contributed by atoms with Crippen molar-refractivity contribution in [3.05, 3.63) is 71.4 Å². The lowest BCUT2D eigenvalue weighted by Crippen LogP contribution is -2.49. The van der Waals surface area contributed by atoms with Gasteiger partial charge in [0, 0.05) is 17.0 Å². The third-order valence-corrected chi connectivity index (χ3v) is 6.43. The van der Waals surface area contributed by atoms with E-state index >= 15 is 0 Å². The van der Waals surface area contributed by atoms with Crippen LogP contribution in [0.3, 0.4) is 0 Å². The fraction of sp³-hybridized carbons (Fsp3) is 0.240. The molecule has 0 amide bonds. The molecule has 3 aromatic carbocycles. The average molecular weight is 399 g/mol. The van der Waals surface area contributed by atoms with Gasteiger partial charge in [-0.05, 0) is 24.3 Å². The van der Waals surface area contributed by atoms with E-state index in [0.29, 0.717) is 32.8 Å². The van der Waals surface area contributed by atoms with Crippen LogP contribution in [0, 0.1) is 5.21 Å². The second-order valence-corrected chi connectivity index (χ2v) is 8.31. The van der Waals surface area contributed by atoms with Crippen molar-refractivity contribution in [3.8, 4) is 22.8 Å². The van der Waals surface area contributed by atoms with Gasteiger partial charge in [0.1, 0.15) is 38.2 Å². The molecule has 0 spiro atoms. The summed E-state index contributed by atoms with van der Waals surface area (Å²) in [7, 11) is 2.11. The molecule has 2 aliphatic heterocycles. The Morgan fingerprint density at radius 3 is 2.60 bits per heavy atom. The predicted octanol–water partition coefficient (Wildman–Crippen LogP) is 4.44. The highest BCUT2D eigenvalue weighted by molar-refractivity contribution is 6.12. The molecule has 0 unspecified atom stereocenters. The molecule has 0 aliphatic carbocycles. The molecular weight excluding hydrogens is 376 g/mol. The van der Waals surface area contributed by atoms with E-state index in [-0.39, 0.29) is 4.65 Å². The summed E-state index contributed by atoms with van der Waals surface area (Å²) in [5, 5.41) is 16.6. The molecule has 1 aromatic heterocycles. The van der Waals surface area contributed by atoms with E-state index in [1.807, 2.05) is 30.3 Å². The number of benzene rings is 3. The molecule has 0 atom stereocenters. The number of para-hydroxylation sites is 1. The number of aryl methyl sites for hydroxylation is 1. The Hall–Kier alpha value is -2.99. The van der Waals surface area contributed by atoms with Gasteiger partial charge in [0.15, 0.2) is 0 Å². The van der Waals surface area contributed by atoms with Crippen LogP contribution in [-0.2, 0) is 18.3 Å². The van der Waals surface area contributed by atoms with E-state index in [2.05, 4.69) is 41.9 Å². The predicted molar refractivity (Wildman–Crippen MR) is 116 cm³/mol. The molecule has 0 radical (unpaired) electrons. The normalized spacial score (nSPS) is 17.0. The molecule has 5 nitrogen and oxygen atoms in total. The molecule has 6 rings (SSSR count). The van der Waals surface area contributed by atoms with Gasteiger partial charge >= 0.3 is 0 Å². The topological polar surface area (TPSA) is 45.4 Å². The maximum atomic E-state index is 13.1. The highest BCUT2D eigenvalue weighted by atomic mass is 16.6. The van der Waals surface area contributed by atoms with Crippen molar-refractivity contribution in [3.63, 3.8) is 0 Å². The van der Waals surface area contributed by atoms with Crippen LogP contribution < -0.4 is 9.30 Å². The van der Waals surface area contributed by atoms with Crippen LogP contribution in [0.15, 0.2) is 60.7 Å². The van der Waals surface area contributed by atoms with Gasteiger partial charge in [0.25, 0.3) is 0 Å². The number of morpholine rings is 1. The Kier molecular flexibility index (Phi) is 3.87. The maximum absolute atomic E-state index is 13.1. The summed E-state index contributed by atoms with van der Waals surface area (Å²) >= 11 is 0. The monoisotopic (exact) mass is 399 g/mol. The Bertz CT molecular complexity index is 1310. The van der Waals surface area contributed by atoms with Crippen LogP contribution in [0.25, 0.3) is 32.9 Å². The second-order valence-electron chi connectivity index (χ2n) is 8.31. The minimum absolute atomic E-state index is 0.212. The van der Waals surface area contributed by atoms with Crippen molar-refractivity contribution in [1.29, 1.82) is 0 Å². The van der Waals surface area contributed by atoms with Crippen molar-refractivity contribution in [2.24, 2.45) is 7.05 Å². The van der Waals surface area contributed by atoms with Crippen LogP contribution in [0.2, 0.25) is 0 Å². The van der Waals surface area contributed by atoms with Crippen LogP contribution in [0.4, 0.5) is 0 Å². The number of hydrogen-bond donors (Lipinski definition) is 0. The zero-order valence-electron chi connectivity index (χ0n) is 16.9. The number of nitrogens with zero attached hydrogens (tertiary/aromatic N) is 2. The van der Waals surface area contributed by atoms with Crippen LogP contribution in [0.1, 0.15) is 5.56 Å². The smallest absolute Gasteiger partial charge is 0.228 e. The van der Waals surface area contributed by atoms with E-state index in [1.54, 1.807) is 0 Å². The zero-order valence-corrected chi connectivity index (χ0v) is 16.9. The second kappa shape index (κ2) is 6.51. The molecule has 4 aromatic rings. The van der Waals surface area contributed by atoms with Gasteiger partial charge in [-0.25, -0.2) is 0 Å². The summed E-state index contributed by atoms with van der Waals surface area (Å²) in [4.78, 5) is 0. The Labute approximate surface area is 174 Å². The van der Waals surface area contributed by atoms with E-state index in [4.69, 9.17) is 9.47 Å². The fourth-order valence-corrected chi connectivity index (χ4v) is 4.91. The molecule has 150 valence electrons. The van der Waals surface area contributed by atoms with Crippen LogP contribution >= 0.6 is 0 Å². The first-order chi connectivity index (χ1) is 14.6. The van der Waals surface area contributed by atoms with Crippen LogP contribution in [0.5, 0.6) is 11.5 Å². The summed E-state index contributed by atoms with van der Waals surface area (Å²) in [5.74, 6) is 1.76. The summed E-state index contributed by atoms with van der Waals surface area (Å²) in [6.45, 7) is 2.59. The molecule has 5 heteroatoms. The Morgan fingerprint density at radius 1 is 0.933 bits per heavy atom. The molecule has 3 heterocycles. The number of ether oxygens (including phenoxy) is 2. The highest BCUT2D eigenvalue weighted by Crippen LogP contribution is 2.46. The first kappa shape index (κ1) is 17.8. The highest BCUT2D eigenvalue weighted by Gasteiger charge is 2.30. The lowest BCUT2D eigenvalue weighted by molar-refractivity contribution is -0.901. The Balaban J connectivity index is 1.59. The van der Waals surface area contributed by atoms with Crippen molar-refractivity contribution < 1.29 is 18.7 Å². The van der Waals surface area contributed by atoms with Gasteiger partial charge < -0.3 is 19.3 Å². The zero-order chi connectivity index (χ0) is 20.3. The van der Waals surface area contributed by atoms with Crippen molar-refractivity contribution in [2.45, 2.75) is 6.54 Å². The van der Waals surface area contributed by atoms with Crippen molar-refractivity contribution in [2.75, 3.05) is 26.3 Å². The summed E-state index contributed by atoms with van der Waals surface area (Å²) in [5.41, 5.74) is 4.45. The number of rotatable bonds is 2. The van der Waals surface area contributed by atoms with Crippen molar-refractivity contribution >= 4 is 21.7 Å². The minimum Gasteiger partial charge on any atom is -0.632 e. The van der Waals surface area contributed by atoms with Gasteiger partial charge in [0.05, 0.1) is 29.5 Å². The number of aromatic nitrogens is 1. The third-order valence-electron chi connectivity index (χ3n) is 6.43. The van der Waals surface area contributed by atoms with E-state index < -0.39 is 0 Å². The lowest BCUT2D eigenvalue weighted by Gasteiger charge is -2.45. The summed E-state index contributed by atoms with van der Waals surface area (Å²) in [6.07, 6.45) is 0. The molecular formula is C25H23N2O3+. The number of fused-ring (bicyclic) bond motifs is 4. The molecule has 1 saturated heterocycles. The number of hydroxylamine groups is 3. The van der Waals surface area contributed by atoms with Gasteiger partial charge in [-0.15, -0.1) is 0 Å². The third kappa shape index (κ3) is 2.63. The first-order valence-corrected chi connectivity index (χ1v) is 10.4. The quantitative estimate of drug-likeness (QED) is 0.191. The molecule has 30 heavy (non-hydrogen) atoms. The molecule has 0 N–H and O–H groups in total. The van der Waals surface area contributed by atoms with Gasteiger partial charge in [0.2, 0.25) is 11.2 Å². The number of hydrogen-bond acceptors (Lipinski definition) is 3. The molecule has 0 saturated carbocycles. The summed E-state index contributed by atoms with van der Waals surface area (Å²) in [6, 6.07) is 20.9. The lowest BCUT2D eigenvalue weighted by atomic mass is 9.95. The standard InChI is InChI=1S/C25H23N2O3/c1-26-21-15-17(16-27(28)11-13-29-14-12-27)9-10-18(21)19-6-4-8-23-24(19)25(26)20-5-2-3-7-22(20)30-23/h2-10,15H,11-14,16H2,1H3/q+1. The summed E-state index contributed by atoms with van der Waals surface area (Å²) < 4.78 is 13.7.